The number of ether oxygens (including phenoxy) is 1. The van der Waals surface area contributed by atoms with Gasteiger partial charge in [0, 0.05) is 17.1 Å². The third kappa shape index (κ3) is 6.85. The normalized spacial score (nSPS) is 15.6. The number of halogens is 3. The molecule has 1 aliphatic heterocycles. The summed E-state index contributed by atoms with van der Waals surface area (Å²) >= 11 is 14.5. The van der Waals surface area contributed by atoms with Crippen molar-refractivity contribution < 1.29 is 9.53 Å². The third-order valence-corrected chi connectivity index (χ3v) is 7.75. The molecule has 3 aromatic rings. The predicted octanol–water partition coefficient (Wildman–Crippen LogP) is 8.58. The molecule has 1 amide bonds. The van der Waals surface area contributed by atoms with Crippen LogP contribution in [0.4, 0.5) is 5.69 Å². The Balaban J connectivity index is 1.59. The summed E-state index contributed by atoms with van der Waals surface area (Å²) < 4.78 is 7.48. The molecule has 4 rings (SSSR count). The summed E-state index contributed by atoms with van der Waals surface area (Å²) in [4.78, 5) is 20.3. The molecule has 3 aromatic carbocycles. The lowest BCUT2D eigenvalue weighted by molar-refractivity contribution is -0.122. The van der Waals surface area contributed by atoms with E-state index in [1.54, 1.807) is 23.1 Å². The Kier molecular flexibility index (Phi) is 9.14. The molecule has 37 heavy (non-hydrogen) atoms. The quantitative estimate of drug-likeness (QED) is 0.239. The molecule has 0 unspecified atom stereocenters. The third-order valence-electron chi connectivity index (χ3n) is 5.32. The molecule has 1 aliphatic rings. The molecule has 1 heterocycles. The molecule has 9 heteroatoms. The Hall–Kier alpha value is -2.57. The van der Waals surface area contributed by atoms with Gasteiger partial charge in [-0.3, -0.25) is 9.69 Å². The molecular formula is C28H22Br2ClN3O2S. The number of rotatable bonds is 7. The summed E-state index contributed by atoms with van der Waals surface area (Å²) in [6.07, 6.45) is 1.86. The van der Waals surface area contributed by atoms with Crippen molar-refractivity contribution in [3.63, 3.8) is 0 Å². The van der Waals surface area contributed by atoms with Gasteiger partial charge in [-0.1, -0.05) is 43.6 Å². The van der Waals surface area contributed by atoms with Crippen LogP contribution < -0.4 is 4.74 Å². The number of nitrogens with zero attached hydrogens (tertiary/aromatic N) is 3. The maximum absolute atomic E-state index is 13.3. The first kappa shape index (κ1) is 27.5. The summed E-state index contributed by atoms with van der Waals surface area (Å²) in [5.41, 5.74) is 2.95. The first-order valence-corrected chi connectivity index (χ1v) is 14.2. The zero-order valence-corrected chi connectivity index (χ0v) is 24.8. The minimum atomic E-state index is -0.0768. The number of amides is 1. The number of thioether (sulfide) groups is 1. The maximum Gasteiger partial charge on any atom is 0.266 e. The van der Waals surface area contributed by atoms with Crippen LogP contribution in [0.1, 0.15) is 30.5 Å². The standard InChI is InChI=1S/C28H22Br2ClN3O2S/c1-17(2)15-34-27(35)25(37-28(34)33-22-9-7-21(31)8-10-22)13-18-11-23(29)26(24(30)12-18)36-16-20-6-4-3-5-19(20)14-32/h3-13,17H,15-16H2,1-2H3/b25-13-,33-28?. The van der Waals surface area contributed by atoms with Crippen molar-refractivity contribution in [3.8, 4) is 11.8 Å². The molecule has 5 nitrogen and oxygen atoms in total. The second-order valence-electron chi connectivity index (χ2n) is 8.66. The van der Waals surface area contributed by atoms with Crippen molar-refractivity contribution in [3.05, 3.63) is 96.2 Å². The number of carbonyl (C=O) groups is 1. The topological polar surface area (TPSA) is 65.7 Å². The van der Waals surface area contributed by atoms with Gasteiger partial charge in [0.1, 0.15) is 12.4 Å². The van der Waals surface area contributed by atoms with Crippen LogP contribution in [-0.2, 0) is 11.4 Å². The van der Waals surface area contributed by atoms with Crippen LogP contribution in [0.15, 0.2) is 79.5 Å². The van der Waals surface area contributed by atoms with Crippen molar-refractivity contribution in [2.24, 2.45) is 10.9 Å². The van der Waals surface area contributed by atoms with Gasteiger partial charge in [-0.05, 0) is 104 Å². The van der Waals surface area contributed by atoms with Crippen LogP contribution in [0.2, 0.25) is 5.02 Å². The number of hydrogen-bond donors (Lipinski definition) is 0. The van der Waals surface area contributed by atoms with Gasteiger partial charge in [-0.25, -0.2) is 4.99 Å². The SMILES string of the molecule is CC(C)CN1C(=O)/C(=C/c2cc(Br)c(OCc3ccccc3C#N)c(Br)c2)SC1=Nc1ccc(Cl)cc1. The van der Waals surface area contributed by atoms with Gasteiger partial charge < -0.3 is 4.74 Å². The molecule has 0 N–H and O–H groups in total. The van der Waals surface area contributed by atoms with E-state index in [-0.39, 0.29) is 18.4 Å². The summed E-state index contributed by atoms with van der Waals surface area (Å²) in [5.74, 6) is 0.823. The number of benzene rings is 3. The Morgan fingerprint density at radius 1 is 1.14 bits per heavy atom. The molecule has 1 saturated heterocycles. The average Bonchev–Trinajstić information content (AvgIpc) is 3.13. The fraction of sp³-hybridized carbons (Fsp3) is 0.179. The lowest BCUT2D eigenvalue weighted by atomic mass is 10.1. The Morgan fingerprint density at radius 3 is 2.46 bits per heavy atom. The first-order chi connectivity index (χ1) is 17.7. The Morgan fingerprint density at radius 2 is 1.81 bits per heavy atom. The smallest absolute Gasteiger partial charge is 0.266 e. The molecule has 0 spiro atoms. The number of hydrogen-bond acceptors (Lipinski definition) is 5. The lowest BCUT2D eigenvalue weighted by Crippen LogP contribution is -2.32. The summed E-state index contributed by atoms with van der Waals surface area (Å²) in [6.45, 7) is 4.97. The van der Waals surface area contributed by atoms with Gasteiger partial charge in [0.05, 0.1) is 31.2 Å². The van der Waals surface area contributed by atoms with Crippen LogP contribution in [0.25, 0.3) is 6.08 Å². The minimum absolute atomic E-state index is 0.0768. The van der Waals surface area contributed by atoms with Crippen molar-refractivity contribution in [2.75, 3.05) is 6.54 Å². The fourth-order valence-electron chi connectivity index (χ4n) is 3.60. The summed E-state index contributed by atoms with van der Waals surface area (Å²) in [6, 6.07) is 20.6. The highest BCUT2D eigenvalue weighted by Gasteiger charge is 2.33. The number of nitriles is 1. The molecule has 188 valence electrons. The molecule has 0 saturated carbocycles. The molecule has 0 atom stereocenters. The fourth-order valence-corrected chi connectivity index (χ4v) is 6.19. The van der Waals surface area contributed by atoms with Crippen LogP contribution in [0, 0.1) is 17.2 Å². The van der Waals surface area contributed by atoms with E-state index < -0.39 is 0 Å². The first-order valence-electron chi connectivity index (χ1n) is 11.4. The van der Waals surface area contributed by atoms with Crippen molar-refractivity contribution in [1.29, 1.82) is 5.26 Å². The van der Waals surface area contributed by atoms with Crippen LogP contribution in [-0.4, -0.2) is 22.5 Å². The second-order valence-corrected chi connectivity index (χ2v) is 11.8. The summed E-state index contributed by atoms with van der Waals surface area (Å²) in [7, 11) is 0. The van der Waals surface area contributed by atoms with E-state index in [2.05, 4.69) is 51.8 Å². The molecular weight excluding hydrogens is 638 g/mol. The minimum Gasteiger partial charge on any atom is -0.486 e. The van der Waals surface area contributed by atoms with Gasteiger partial charge in [0.15, 0.2) is 5.17 Å². The highest BCUT2D eigenvalue weighted by Crippen LogP contribution is 2.39. The largest absolute Gasteiger partial charge is 0.486 e. The van der Waals surface area contributed by atoms with E-state index in [4.69, 9.17) is 21.3 Å². The molecule has 1 fully saturated rings. The molecule has 0 aromatic heterocycles. The van der Waals surface area contributed by atoms with E-state index in [1.165, 1.54) is 11.8 Å². The van der Waals surface area contributed by atoms with E-state index in [0.717, 1.165) is 25.8 Å². The molecule has 0 aliphatic carbocycles. The second kappa shape index (κ2) is 12.3. The van der Waals surface area contributed by atoms with E-state index in [9.17, 15) is 10.1 Å². The number of aliphatic imine (C=N–C) groups is 1. The zero-order valence-electron chi connectivity index (χ0n) is 20.0. The van der Waals surface area contributed by atoms with Crippen LogP contribution in [0.5, 0.6) is 5.75 Å². The zero-order chi connectivity index (χ0) is 26.5. The van der Waals surface area contributed by atoms with Crippen molar-refractivity contribution in [1.82, 2.24) is 4.90 Å². The average molecular weight is 660 g/mol. The van der Waals surface area contributed by atoms with Crippen LogP contribution in [0.3, 0.4) is 0 Å². The van der Waals surface area contributed by atoms with Gasteiger partial charge in [-0.15, -0.1) is 0 Å². The van der Waals surface area contributed by atoms with E-state index in [0.29, 0.717) is 33.0 Å². The van der Waals surface area contributed by atoms with Gasteiger partial charge in [-0.2, -0.15) is 5.26 Å². The van der Waals surface area contributed by atoms with Crippen molar-refractivity contribution in [2.45, 2.75) is 20.5 Å². The summed E-state index contributed by atoms with van der Waals surface area (Å²) in [5, 5.41) is 10.6. The maximum atomic E-state index is 13.3. The Bertz CT molecular complexity index is 1410. The molecule has 0 bridgehead atoms. The van der Waals surface area contributed by atoms with E-state index >= 15 is 0 Å². The highest BCUT2D eigenvalue weighted by molar-refractivity contribution is 9.11. The number of amidine groups is 1. The van der Waals surface area contributed by atoms with E-state index in [1.807, 2.05) is 48.5 Å². The van der Waals surface area contributed by atoms with Crippen LogP contribution >= 0.6 is 55.2 Å². The van der Waals surface area contributed by atoms with Gasteiger partial charge in [0.2, 0.25) is 0 Å². The number of carbonyl (C=O) groups excluding carboxylic acids is 1. The predicted molar refractivity (Wildman–Crippen MR) is 158 cm³/mol. The monoisotopic (exact) mass is 657 g/mol. The molecule has 0 radical (unpaired) electrons. The highest BCUT2D eigenvalue weighted by atomic mass is 79.9. The Labute approximate surface area is 242 Å². The van der Waals surface area contributed by atoms with Gasteiger partial charge in [0.25, 0.3) is 5.91 Å². The lowest BCUT2D eigenvalue weighted by Gasteiger charge is -2.17. The van der Waals surface area contributed by atoms with Crippen molar-refractivity contribution >= 4 is 78.1 Å². The van der Waals surface area contributed by atoms with Gasteiger partial charge >= 0.3 is 0 Å².